The van der Waals surface area contributed by atoms with Crippen LogP contribution in [0.3, 0.4) is 0 Å². The van der Waals surface area contributed by atoms with E-state index in [9.17, 15) is 24.3 Å². The molecule has 2 aliphatic carbocycles. The third-order valence-electron chi connectivity index (χ3n) is 7.90. The highest BCUT2D eigenvalue weighted by atomic mass is 16.3. The Morgan fingerprint density at radius 3 is 2.26 bits per heavy atom. The number of carbonyl (C=O) groups excluding carboxylic acids is 4. The second-order valence-electron chi connectivity index (χ2n) is 12.0. The summed E-state index contributed by atoms with van der Waals surface area (Å²) >= 11 is 0. The van der Waals surface area contributed by atoms with Crippen LogP contribution in [-0.4, -0.2) is 76.6 Å². The Morgan fingerprint density at radius 1 is 1.14 bits per heavy atom. The van der Waals surface area contributed by atoms with Gasteiger partial charge in [-0.15, -0.1) is 0 Å². The van der Waals surface area contributed by atoms with Crippen LogP contribution in [0.1, 0.15) is 60.3 Å². The second-order valence-corrected chi connectivity index (χ2v) is 12.0. The Kier molecular flexibility index (Phi) is 7.71. The molecule has 1 heterocycles. The quantitative estimate of drug-likeness (QED) is 0.249. The third-order valence-corrected chi connectivity index (χ3v) is 7.90. The number of rotatable bonds is 9. The van der Waals surface area contributed by atoms with Gasteiger partial charge in [0, 0.05) is 18.6 Å². The van der Waals surface area contributed by atoms with Gasteiger partial charge in [0.05, 0.1) is 6.04 Å². The number of nitrogens with zero attached hydrogens (tertiary/aromatic N) is 1. The lowest BCUT2D eigenvalue weighted by molar-refractivity contribution is -0.142. The topological polar surface area (TPSA) is 180 Å². The first kappa shape index (κ1) is 27.2. The number of hydrogen-bond donors (Lipinski definition) is 6. The van der Waals surface area contributed by atoms with Crippen LogP contribution in [0, 0.1) is 23.2 Å². The van der Waals surface area contributed by atoms with E-state index in [1.807, 2.05) is 20.8 Å². The van der Waals surface area contributed by atoms with Crippen molar-refractivity contribution in [2.24, 2.45) is 34.6 Å². The van der Waals surface area contributed by atoms with Gasteiger partial charge >= 0.3 is 6.03 Å². The molecule has 2 saturated carbocycles. The summed E-state index contributed by atoms with van der Waals surface area (Å²) in [7, 11) is 0. The summed E-state index contributed by atoms with van der Waals surface area (Å²) < 4.78 is 0. The molecule has 6 atom stereocenters. The van der Waals surface area contributed by atoms with Gasteiger partial charge in [0.1, 0.15) is 12.1 Å². The van der Waals surface area contributed by atoms with Gasteiger partial charge in [-0.05, 0) is 50.4 Å². The van der Waals surface area contributed by atoms with Gasteiger partial charge in [-0.1, -0.05) is 33.1 Å². The number of likely N-dealkylation sites (tertiary alicyclic amines) is 1. The maximum Gasteiger partial charge on any atom is 0.315 e. The number of urea groups is 1. The van der Waals surface area contributed by atoms with Crippen molar-refractivity contribution in [2.75, 3.05) is 13.1 Å². The molecule has 3 rings (SSSR count). The van der Waals surface area contributed by atoms with Gasteiger partial charge in [0.25, 0.3) is 0 Å². The number of hydrogen-bond acceptors (Lipinski definition) is 6. The lowest BCUT2D eigenvalue weighted by atomic mass is 9.79. The summed E-state index contributed by atoms with van der Waals surface area (Å²) in [5.41, 5.74) is 10.5. The first-order valence-electron chi connectivity index (χ1n) is 12.5. The highest BCUT2D eigenvalue weighted by Gasteiger charge is 2.69. The van der Waals surface area contributed by atoms with E-state index in [0.717, 1.165) is 19.3 Å². The van der Waals surface area contributed by atoms with Crippen LogP contribution in [0.5, 0.6) is 0 Å². The molecule has 0 bridgehead atoms. The number of amides is 5. The van der Waals surface area contributed by atoms with Crippen LogP contribution in [0.25, 0.3) is 0 Å². The average molecular weight is 495 g/mol. The molecule has 1 saturated heterocycles. The number of piperidine rings is 1. The zero-order valence-corrected chi connectivity index (χ0v) is 21.5. The van der Waals surface area contributed by atoms with E-state index in [1.165, 1.54) is 4.90 Å². The van der Waals surface area contributed by atoms with Crippen LogP contribution in [0.15, 0.2) is 0 Å². The molecule has 198 valence electrons. The Morgan fingerprint density at radius 2 is 1.77 bits per heavy atom. The molecule has 1 aliphatic heterocycles. The van der Waals surface area contributed by atoms with Gasteiger partial charge in [-0.3, -0.25) is 14.4 Å². The Labute approximate surface area is 207 Å². The first-order chi connectivity index (χ1) is 16.2. The molecule has 35 heavy (non-hydrogen) atoms. The summed E-state index contributed by atoms with van der Waals surface area (Å²) in [4.78, 5) is 52.5. The van der Waals surface area contributed by atoms with E-state index in [-0.39, 0.29) is 23.8 Å². The first-order valence-corrected chi connectivity index (χ1v) is 12.5. The van der Waals surface area contributed by atoms with Crippen LogP contribution in [0.2, 0.25) is 0 Å². The molecule has 0 aromatic carbocycles. The van der Waals surface area contributed by atoms with Gasteiger partial charge in [0.2, 0.25) is 17.7 Å². The molecule has 3 aliphatic rings. The smallest absolute Gasteiger partial charge is 0.315 e. The van der Waals surface area contributed by atoms with Gasteiger partial charge < -0.3 is 37.4 Å². The summed E-state index contributed by atoms with van der Waals surface area (Å²) in [5.74, 6) is -1.36. The maximum atomic E-state index is 13.5. The third kappa shape index (κ3) is 5.88. The Hall–Kier alpha value is -2.40. The molecule has 0 radical (unpaired) electrons. The standard InChI is InChI=1S/C24H42N6O5/c1-23(2,3)29-22(35)28-15(10-25)21(34)30-11-13-16(24(13,4)5)17(30)20(33)27-14(18(31)19(26)32)9-12-7-6-8-12/h12-18,31H,6-11,25H2,1-5H3,(H2,26,32)(H,27,33)(H2,28,29,35)/t13?,14?,15-,16-,17?,18?/m0/s1. The fourth-order valence-electron chi connectivity index (χ4n) is 5.59. The largest absolute Gasteiger partial charge is 0.381 e. The minimum atomic E-state index is -1.51. The van der Waals surface area contributed by atoms with Crippen LogP contribution in [0.4, 0.5) is 4.79 Å². The molecule has 0 aromatic rings. The predicted molar refractivity (Wildman–Crippen MR) is 130 cm³/mol. The predicted octanol–water partition coefficient (Wildman–Crippen LogP) is -0.584. The van der Waals surface area contributed by atoms with Crippen LogP contribution in [-0.2, 0) is 14.4 Å². The number of nitrogens with one attached hydrogen (secondary N) is 3. The lowest BCUT2D eigenvalue weighted by Crippen LogP contribution is -2.61. The molecule has 8 N–H and O–H groups in total. The number of fused-ring (bicyclic) bond motifs is 1. The second kappa shape index (κ2) is 9.93. The fourth-order valence-corrected chi connectivity index (χ4v) is 5.59. The Bertz CT molecular complexity index is 852. The van der Waals surface area contributed by atoms with Crippen molar-refractivity contribution >= 4 is 23.8 Å². The van der Waals surface area contributed by atoms with E-state index in [4.69, 9.17) is 11.5 Å². The SMILES string of the molecule is CC(C)(C)NC(=O)N[C@@H](CN)C(=O)N1CC2[C@@H](C1C(=O)NC(CC1CCC1)C(O)C(N)=O)C2(C)C. The van der Waals surface area contributed by atoms with E-state index >= 15 is 0 Å². The average Bonchev–Trinajstić information content (AvgIpc) is 3.06. The van der Waals surface area contributed by atoms with E-state index in [1.54, 1.807) is 0 Å². The molecule has 11 heteroatoms. The normalized spacial score (nSPS) is 27.6. The molecular weight excluding hydrogens is 452 g/mol. The fraction of sp³-hybridized carbons (Fsp3) is 0.833. The molecule has 0 aromatic heterocycles. The highest BCUT2D eigenvalue weighted by molar-refractivity contribution is 5.94. The van der Waals surface area contributed by atoms with E-state index in [2.05, 4.69) is 29.8 Å². The minimum absolute atomic E-state index is 0.0663. The zero-order chi connectivity index (χ0) is 26.3. The monoisotopic (exact) mass is 494 g/mol. The van der Waals surface area contributed by atoms with Gasteiger partial charge in [-0.25, -0.2) is 4.79 Å². The summed E-state index contributed by atoms with van der Waals surface area (Å²) in [6, 6.07) is -3.11. The zero-order valence-electron chi connectivity index (χ0n) is 21.5. The van der Waals surface area contributed by atoms with Crippen molar-refractivity contribution in [1.29, 1.82) is 0 Å². The summed E-state index contributed by atoms with van der Waals surface area (Å²) in [5, 5.41) is 18.6. The Balaban J connectivity index is 1.75. The maximum absolute atomic E-state index is 13.5. The van der Waals surface area contributed by atoms with Crippen molar-refractivity contribution in [2.45, 2.75) is 90.1 Å². The van der Waals surface area contributed by atoms with Gasteiger partial charge in [0.15, 0.2) is 6.10 Å². The minimum Gasteiger partial charge on any atom is -0.381 e. The van der Waals surface area contributed by atoms with Crippen molar-refractivity contribution in [3.63, 3.8) is 0 Å². The number of primary amides is 1. The summed E-state index contributed by atoms with van der Waals surface area (Å²) in [6.07, 6.45) is 1.98. The van der Waals surface area contributed by atoms with Crippen molar-refractivity contribution in [3.8, 4) is 0 Å². The van der Waals surface area contributed by atoms with E-state index < -0.39 is 53.5 Å². The van der Waals surface area contributed by atoms with Crippen LogP contribution >= 0.6 is 0 Å². The van der Waals surface area contributed by atoms with E-state index in [0.29, 0.717) is 18.9 Å². The molecule has 3 fully saturated rings. The molecular formula is C24H42N6O5. The molecule has 0 spiro atoms. The number of aliphatic hydroxyl groups excluding tert-OH is 1. The number of nitrogens with two attached hydrogens (primary N) is 2. The highest BCUT2D eigenvalue weighted by Crippen LogP contribution is 2.64. The lowest BCUT2D eigenvalue weighted by Gasteiger charge is -2.36. The summed E-state index contributed by atoms with van der Waals surface area (Å²) in [6.45, 7) is 9.84. The number of aliphatic hydroxyl groups is 1. The number of carbonyl (C=O) groups is 4. The van der Waals surface area contributed by atoms with Crippen LogP contribution < -0.4 is 27.4 Å². The van der Waals surface area contributed by atoms with Crippen molar-refractivity contribution in [1.82, 2.24) is 20.9 Å². The molecule has 11 nitrogen and oxygen atoms in total. The molecule has 4 unspecified atom stereocenters. The van der Waals surface area contributed by atoms with Crippen molar-refractivity contribution in [3.05, 3.63) is 0 Å². The van der Waals surface area contributed by atoms with Crippen molar-refractivity contribution < 1.29 is 24.3 Å². The molecule has 5 amide bonds. The van der Waals surface area contributed by atoms with Gasteiger partial charge in [-0.2, -0.15) is 0 Å².